The van der Waals surface area contributed by atoms with Crippen molar-refractivity contribution in [3.05, 3.63) is 71.8 Å². The zero-order chi connectivity index (χ0) is 23.0. The molecule has 2 aromatic carbocycles. The van der Waals surface area contributed by atoms with Crippen molar-refractivity contribution in [2.75, 3.05) is 13.1 Å². The molecule has 0 aliphatic heterocycles. The molecule has 168 valence electrons. The fourth-order valence-electron chi connectivity index (χ4n) is 3.11. The molecule has 0 atom stereocenters. The van der Waals surface area contributed by atoms with E-state index in [2.05, 4.69) is 54.0 Å². The average molecular weight is 588 g/mol. The second kappa shape index (κ2) is 12.3. The molecule has 0 aliphatic carbocycles. The summed E-state index contributed by atoms with van der Waals surface area (Å²) in [6, 6.07) is 18.6. The molecule has 31 heavy (non-hydrogen) atoms. The van der Waals surface area contributed by atoms with Gasteiger partial charge in [0.05, 0.1) is 0 Å². The molecular weight excluding hydrogens is 556 g/mol. The van der Waals surface area contributed by atoms with Crippen molar-refractivity contribution in [3.63, 3.8) is 0 Å². The second-order valence-corrected chi connectivity index (χ2v) is 25.3. The van der Waals surface area contributed by atoms with E-state index >= 15 is 0 Å². The zero-order valence-electron chi connectivity index (χ0n) is 18.7. The van der Waals surface area contributed by atoms with Gasteiger partial charge in [-0.3, -0.25) is 0 Å². The quantitative estimate of drug-likeness (QED) is 0.282. The van der Waals surface area contributed by atoms with E-state index in [1.807, 2.05) is 67.4 Å². The molecule has 2 amide bonds. The van der Waals surface area contributed by atoms with Crippen LogP contribution in [0, 0.1) is 11.8 Å². The minimum absolute atomic E-state index is 0.0505. The van der Waals surface area contributed by atoms with Gasteiger partial charge in [0.25, 0.3) is 0 Å². The van der Waals surface area contributed by atoms with Gasteiger partial charge in [-0.2, -0.15) is 0 Å². The van der Waals surface area contributed by atoms with Crippen LogP contribution in [0.5, 0.6) is 0 Å². The van der Waals surface area contributed by atoms with Gasteiger partial charge < -0.3 is 0 Å². The van der Waals surface area contributed by atoms with Crippen molar-refractivity contribution < 1.29 is 22.5 Å². The van der Waals surface area contributed by atoms with Gasteiger partial charge >= 0.3 is 205 Å². The van der Waals surface area contributed by atoms with Crippen molar-refractivity contribution in [2.45, 2.75) is 40.5 Å². The molecular formula is C24H32Br2N2O2Ti. The van der Waals surface area contributed by atoms with Crippen molar-refractivity contribution in [2.24, 2.45) is 11.8 Å². The molecule has 0 unspecified atom stereocenters. The van der Waals surface area contributed by atoms with Crippen LogP contribution in [0.2, 0.25) is 0 Å². The summed E-state index contributed by atoms with van der Waals surface area (Å²) in [5.41, 5.74) is 1.27. The van der Waals surface area contributed by atoms with Gasteiger partial charge in [0.2, 0.25) is 0 Å². The van der Waals surface area contributed by atoms with Crippen molar-refractivity contribution in [3.8, 4) is 0 Å². The third kappa shape index (κ3) is 7.56. The van der Waals surface area contributed by atoms with Gasteiger partial charge in [0, 0.05) is 0 Å². The maximum absolute atomic E-state index is 13.6. The number of hydrogen-bond donors (Lipinski definition) is 0. The average Bonchev–Trinajstić information content (AvgIpc) is 2.74. The van der Waals surface area contributed by atoms with E-state index < -0.39 is 12.9 Å². The predicted octanol–water partition coefficient (Wildman–Crippen LogP) is 6.97. The summed E-state index contributed by atoms with van der Waals surface area (Å²) >= 11 is 4.21. The molecule has 2 aromatic rings. The molecule has 2 rings (SSSR count). The first-order valence-corrected chi connectivity index (χ1v) is 19.9. The Morgan fingerprint density at radius 2 is 1.03 bits per heavy atom. The standard InChI is InChI=1S/2C12H17NO.2BrH.Ti/c2*1-10(2)8-9-13-12(14)11-6-4-3-5-7-11;;;/h2*3-7,10H,8-9H2,1-2H3,(H,13,14);2*1H;/q;;;;+4/p-4. The normalized spacial score (nSPS) is 11.6. The summed E-state index contributed by atoms with van der Waals surface area (Å²) in [7, 11) is 0. The number of carbonyl (C=O) groups is 2. The number of benzene rings is 2. The number of hydrogen-bond acceptors (Lipinski definition) is 2. The minimum atomic E-state index is -3.64. The molecule has 7 heteroatoms. The first kappa shape index (κ1) is 26.3. The Hall–Kier alpha value is -0.946. The van der Waals surface area contributed by atoms with E-state index in [1.165, 1.54) is 0 Å². The molecule has 0 spiro atoms. The van der Waals surface area contributed by atoms with Gasteiger partial charge in [0.1, 0.15) is 0 Å². The van der Waals surface area contributed by atoms with E-state index in [0.717, 1.165) is 12.8 Å². The number of halogens is 2. The molecule has 0 N–H and O–H groups in total. The molecule has 0 fully saturated rings. The number of carbonyl (C=O) groups excluding carboxylic acids is 2. The Labute approximate surface area is 203 Å². The van der Waals surface area contributed by atoms with Crippen LogP contribution >= 0.6 is 26.3 Å². The number of rotatable bonds is 10. The summed E-state index contributed by atoms with van der Waals surface area (Å²) in [5.74, 6) is 0.784. The second-order valence-electron chi connectivity index (χ2n) is 8.52. The molecule has 4 nitrogen and oxygen atoms in total. The summed E-state index contributed by atoms with van der Waals surface area (Å²) in [4.78, 5) is 27.2. The van der Waals surface area contributed by atoms with E-state index in [1.54, 1.807) is 0 Å². The van der Waals surface area contributed by atoms with Gasteiger partial charge in [-0.25, -0.2) is 0 Å². The maximum atomic E-state index is 13.6. The summed E-state index contributed by atoms with van der Waals surface area (Å²) in [6.07, 6.45) is 1.72. The molecule has 0 bridgehead atoms. The Morgan fingerprint density at radius 1 is 0.710 bits per heavy atom. The van der Waals surface area contributed by atoms with Crippen LogP contribution in [0.3, 0.4) is 0 Å². The third-order valence-corrected chi connectivity index (χ3v) is 15.5. The van der Waals surface area contributed by atoms with E-state index in [-0.39, 0.29) is 11.8 Å². The SMILES string of the molecule is CC(C)CC[N](C(=O)c1ccccc1)[Ti]([Br])([Br])[N](CCC(C)C)C(=O)c1ccccc1. The van der Waals surface area contributed by atoms with Crippen molar-refractivity contribution >= 4 is 38.1 Å². The Kier molecular flexibility index (Phi) is 10.5. The number of nitrogens with zero attached hydrogens (tertiary/aromatic N) is 2. The fourth-order valence-corrected chi connectivity index (χ4v) is 11.6. The predicted molar refractivity (Wildman–Crippen MR) is 132 cm³/mol. The summed E-state index contributed by atoms with van der Waals surface area (Å²) < 4.78 is 3.80. The number of amides is 2. The molecule has 0 heterocycles. The van der Waals surface area contributed by atoms with Crippen molar-refractivity contribution in [1.82, 2.24) is 6.76 Å². The molecule has 0 aromatic heterocycles. The zero-order valence-corrected chi connectivity index (χ0v) is 23.5. The Morgan fingerprint density at radius 3 is 1.32 bits per heavy atom. The Bertz CT molecular complexity index is 776. The fraction of sp³-hybridized carbons (Fsp3) is 0.417. The van der Waals surface area contributed by atoms with Gasteiger partial charge in [-0.15, -0.1) is 0 Å². The summed E-state index contributed by atoms with van der Waals surface area (Å²) in [6.45, 7) is 9.76. The third-order valence-electron chi connectivity index (χ3n) is 5.04. The van der Waals surface area contributed by atoms with E-state index in [0.29, 0.717) is 36.1 Å². The topological polar surface area (TPSA) is 40.6 Å². The summed E-state index contributed by atoms with van der Waals surface area (Å²) in [5, 5.41) is 0. The Balaban J connectivity index is 2.46. The van der Waals surface area contributed by atoms with Crippen LogP contribution < -0.4 is 0 Å². The molecule has 0 saturated carbocycles. The molecule has 0 saturated heterocycles. The van der Waals surface area contributed by atoms with Crippen LogP contribution in [-0.4, -0.2) is 31.7 Å². The van der Waals surface area contributed by atoms with E-state index in [4.69, 9.17) is 0 Å². The molecule has 0 radical (unpaired) electrons. The molecule has 0 aliphatic rings. The van der Waals surface area contributed by atoms with Gasteiger partial charge in [-0.05, 0) is 0 Å². The van der Waals surface area contributed by atoms with Crippen molar-refractivity contribution in [1.29, 1.82) is 0 Å². The van der Waals surface area contributed by atoms with Crippen LogP contribution in [-0.2, 0) is 12.9 Å². The monoisotopic (exact) mass is 586 g/mol. The first-order valence-electron chi connectivity index (χ1n) is 10.8. The first-order chi connectivity index (χ1) is 14.6. The van der Waals surface area contributed by atoms with Crippen LogP contribution in [0.15, 0.2) is 60.7 Å². The van der Waals surface area contributed by atoms with E-state index in [9.17, 15) is 9.59 Å². The van der Waals surface area contributed by atoms with Crippen LogP contribution in [0.1, 0.15) is 61.3 Å². The van der Waals surface area contributed by atoms with Crippen LogP contribution in [0.4, 0.5) is 0 Å². The van der Waals surface area contributed by atoms with Crippen LogP contribution in [0.25, 0.3) is 0 Å². The van der Waals surface area contributed by atoms with Gasteiger partial charge in [-0.1, -0.05) is 0 Å². The van der Waals surface area contributed by atoms with Gasteiger partial charge in [0.15, 0.2) is 0 Å².